The number of fused-ring (bicyclic) bond motifs is 1. The van der Waals surface area contributed by atoms with Crippen LogP contribution < -0.4 is 9.47 Å². The number of carbonyl (C=O) groups excluding carboxylic acids is 1. The molecule has 1 saturated heterocycles. The molecule has 130 valence electrons. The molecule has 2 aromatic rings. The van der Waals surface area contributed by atoms with E-state index in [9.17, 15) is 4.79 Å². The molecule has 0 unspecified atom stereocenters. The van der Waals surface area contributed by atoms with Gasteiger partial charge in [-0.15, -0.1) is 23.5 Å². The van der Waals surface area contributed by atoms with Gasteiger partial charge in [0.25, 0.3) is 0 Å². The molecule has 0 N–H and O–H groups in total. The van der Waals surface area contributed by atoms with Gasteiger partial charge < -0.3 is 9.47 Å². The molecule has 1 aliphatic carbocycles. The molecule has 0 radical (unpaired) electrons. The number of hydrogen-bond acceptors (Lipinski definition) is 5. The summed E-state index contributed by atoms with van der Waals surface area (Å²) in [5, 5.41) is 0. The van der Waals surface area contributed by atoms with Gasteiger partial charge in [0.15, 0.2) is 6.61 Å². The van der Waals surface area contributed by atoms with Gasteiger partial charge in [-0.3, -0.25) is 0 Å². The van der Waals surface area contributed by atoms with Crippen LogP contribution in [0.5, 0.6) is 11.5 Å². The van der Waals surface area contributed by atoms with Gasteiger partial charge in [-0.2, -0.15) is 0 Å². The van der Waals surface area contributed by atoms with E-state index in [0.717, 1.165) is 18.6 Å². The molecule has 5 heteroatoms. The SMILES string of the molecule is O=C(COc1ccc2c(c1)CCC2)Oc1ccc(C2SCCS2)cc1. The second kappa shape index (κ2) is 7.75. The summed E-state index contributed by atoms with van der Waals surface area (Å²) < 4.78 is 11.5. The van der Waals surface area contributed by atoms with E-state index in [1.54, 1.807) is 0 Å². The van der Waals surface area contributed by atoms with E-state index in [4.69, 9.17) is 9.47 Å². The van der Waals surface area contributed by atoms with Crippen LogP contribution >= 0.6 is 23.5 Å². The Kier molecular flexibility index (Phi) is 5.22. The molecular weight excluding hydrogens is 352 g/mol. The first kappa shape index (κ1) is 16.9. The third-order valence-electron chi connectivity index (χ3n) is 4.43. The first-order chi connectivity index (χ1) is 12.3. The average Bonchev–Trinajstić information content (AvgIpc) is 3.32. The van der Waals surface area contributed by atoms with Gasteiger partial charge in [-0.1, -0.05) is 18.2 Å². The highest BCUT2D eigenvalue weighted by atomic mass is 32.2. The molecule has 0 spiro atoms. The van der Waals surface area contributed by atoms with Gasteiger partial charge in [0.2, 0.25) is 0 Å². The summed E-state index contributed by atoms with van der Waals surface area (Å²) in [4.78, 5) is 12.0. The fourth-order valence-corrected chi connectivity index (χ4v) is 6.04. The predicted octanol–water partition coefficient (Wildman–Crippen LogP) is 4.64. The summed E-state index contributed by atoms with van der Waals surface area (Å²) in [5.74, 6) is 3.33. The van der Waals surface area contributed by atoms with Gasteiger partial charge in [-0.25, -0.2) is 4.79 Å². The normalized spacial score (nSPS) is 16.6. The summed E-state index contributed by atoms with van der Waals surface area (Å²) in [7, 11) is 0. The lowest BCUT2D eigenvalue weighted by atomic mass is 10.1. The largest absolute Gasteiger partial charge is 0.482 e. The van der Waals surface area contributed by atoms with E-state index < -0.39 is 0 Å². The van der Waals surface area contributed by atoms with Crippen molar-refractivity contribution in [3.8, 4) is 11.5 Å². The highest BCUT2D eigenvalue weighted by molar-refractivity contribution is 8.19. The monoisotopic (exact) mass is 372 g/mol. The van der Waals surface area contributed by atoms with Gasteiger partial charge >= 0.3 is 5.97 Å². The molecule has 25 heavy (non-hydrogen) atoms. The molecule has 1 aliphatic heterocycles. The molecule has 1 fully saturated rings. The second-order valence-corrected chi connectivity index (χ2v) is 8.91. The van der Waals surface area contributed by atoms with Crippen molar-refractivity contribution >= 4 is 29.5 Å². The van der Waals surface area contributed by atoms with Gasteiger partial charge in [0.05, 0.1) is 4.58 Å². The molecule has 0 saturated carbocycles. The zero-order valence-corrected chi connectivity index (χ0v) is 15.5. The Morgan fingerprint density at radius 1 is 0.960 bits per heavy atom. The van der Waals surface area contributed by atoms with Crippen molar-refractivity contribution in [3.63, 3.8) is 0 Å². The Labute approximate surface area is 156 Å². The Morgan fingerprint density at radius 3 is 2.48 bits per heavy atom. The number of thioether (sulfide) groups is 2. The van der Waals surface area contributed by atoms with Crippen LogP contribution in [-0.2, 0) is 17.6 Å². The van der Waals surface area contributed by atoms with Crippen LogP contribution in [0.1, 0.15) is 27.7 Å². The van der Waals surface area contributed by atoms with Crippen LogP contribution in [0.2, 0.25) is 0 Å². The number of esters is 1. The Balaban J connectivity index is 1.30. The average molecular weight is 373 g/mol. The minimum absolute atomic E-state index is 0.0745. The maximum atomic E-state index is 12.0. The zero-order valence-electron chi connectivity index (χ0n) is 13.9. The number of benzene rings is 2. The molecular formula is C20H20O3S2. The van der Waals surface area contributed by atoms with E-state index in [1.807, 2.05) is 59.9 Å². The van der Waals surface area contributed by atoms with E-state index in [-0.39, 0.29) is 12.6 Å². The lowest BCUT2D eigenvalue weighted by molar-refractivity contribution is -0.136. The first-order valence-corrected chi connectivity index (χ1v) is 10.7. The van der Waals surface area contributed by atoms with Crippen LogP contribution in [0.4, 0.5) is 0 Å². The topological polar surface area (TPSA) is 35.5 Å². The minimum Gasteiger partial charge on any atom is -0.482 e. The van der Waals surface area contributed by atoms with E-state index in [0.29, 0.717) is 10.3 Å². The number of carbonyl (C=O) groups is 1. The van der Waals surface area contributed by atoms with Crippen LogP contribution in [-0.4, -0.2) is 24.1 Å². The third-order valence-corrected chi connectivity index (χ3v) is 7.54. The van der Waals surface area contributed by atoms with Gasteiger partial charge in [0, 0.05) is 11.5 Å². The van der Waals surface area contributed by atoms with Crippen LogP contribution in [0.15, 0.2) is 42.5 Å². The number of ether oxygens (including phenoxy) is 2. The van der Waals surface area contributed by atoms with Gasteiger partial charge in [-0.05, 0) is 60.2 Å². The van der Waals surface area contributed by atoms with Crippen LogP contribution in [0.25, 0.3) is 0 Å². The highest BCUT2D eigenvalue weighted by Gasteiger charge is 2.18. The van der Waals surface area contributed by atoms with Crippen molar-refractivity contribution in [1.29, 1.82) is 0 Å². The van der Waals surface area contributed by atoms with E-state index >= 15 is 0 Å². The Hall–Kier alpha value is -1.59. The number of hydrogen-bond donors (Lipinski definition) is 0. The first-order valence-electron chi connectivity index (χ1n) is 8.56. The number of aryl methyl sites for hydroxylation is 2. The third kappa shape index (κ3) is 4.15. The van der Waals surface area contributed by atoms with Gasteiger partial charge in [0.1, 0.15) is 11.5 Å². The standard InChI is InChI=1S/C20H20O3S2/c21-19(13-22-18-9-4-14-2-1-3-16(14)12-18)23-17-7-5-15(6-8-17)20-24-10-11-25-20/h4-9,12,20H,1-3,10-11,13H2. The molecule has 0 bridgehead atoms. The maximum absolute atomic E-state index is 12.0. The lowest BCUT2D eigenvalue weighted by Gasteiger charge is -2.10. The molecule has 0 atom stereocenters. The quantitative estimate of drug-likeness (QED) is 0.564. The van der Waals surface area contributed by atoms with Crippen LogP contribution in [0.3, 0.4) is 0 Å². The molecule has 2 aromatic carbocycles. The smallest absolute Gasteiger partial charge is 0.349 e. The maximum Gasteiger partial charge on any atom is 0.349 e. The van der Waals surface area contributed by atoms with Crippen molar-refractivity contribution in [2.24, 2.45) is 0 Å². The Morgan fingerprint density at radius 2 is 1.68 bits per heavy atom. The van der Waals surface area contributed by atoms with E-state index in [1.165, 1.54) is 34.6 Å². The number of rotatable bonds is 5. The molecule has 1 heterocycles. The van der Waals surface area contributed by atoms with Crippen molar-refractivity contribution < 1.29 is 14.3 Å². The fraction of sp³-hybridized carbons (Fsp3) is 0.350. The summed E-state index contributed by atoms with van der Waals surface area (Å²) in [6, 6.07) is 13.9. The minimum atomic E-state index is -0.377. The molecule has 2 aliphatic rings. The second-order valence-electron chi connectivity index (χ2n) is 6.19. The Bertz CT molecular complexity index is 752. The molecule has 0 amide bonds. The fourth-order valence-electron chi connectivity index (χ4n) is 3.19. The van der Waals surface area contributed by atoms with Crippen molar-refractivity contribution in [1.82, 2.24) is 0 Å². The van der Waals surface area contributed by atoms with E-state index in [2.05, 4.69) is 6.07 Å². The highest BCUT2D eigenvalue weighted by Crippen LogP contribution is 2.45. The van der Waals surface area contributed by atoms with Crippen molar-refractivity contribution in [2.75, 3.05) is 18.1 Å². The molecule has 4 rings (SSSR count). The zero-order chi connectivity index (χ0) is 17.1. The molecule has 3 nitrogen and oxygen atoms in total. The predicted molar refractivity (Wildman–Crippen MR) is 104 cm³/mol. The summed E-state index contributed by atoms with van der Waals surface area (Å²) in [6.45, 7) is -0.0745. The molecule has 0 aromatic heterocycles. The van der Waals surface area contributed by atoms with Crippen molar-refractivity contribution in [2.45, 2.75) is 23.8 Å². The summed E-state index contributed by atoms with van der Waals surface area (Å²) in [5.41, 5.74) is 4.01. The van der Waals surface area contributed by atoms with Crippen LogP contribution in [0, 0.1) is 0 Å². The summed E-state index contributed by atoms with van der Waals surface area (Å²) >= 11 is 3.93. The summed E-state index contributed by atoms with van der Waals surface area (Å²) in [6.07, 6.45) is 3.45. The lowest BCUT2D eigenvalue weighted by Crippen LogP contribution is -2.17. The van der Waals surface area contributed by atoms with Crippen molar-refractivity contribution in [3.05, 3.63) is 59.2 Å².